The lowest BCUT2D eigenvalue weighted by Gasteiger charge is -2.23. The third-order valence-corrected chi connectivity index (χ3v) is 3.89. The molecule has 21 heavy (non-hydrogen) atoms. The number of benzene rings is 1. The van der Waals surface area contributed by atoms with E-state index < -0.39 is 0 Å². The van der Waals surface area contributed by atoms with Crippen molar-refractivity contribution < 1.29 is 4.74 Å². The van der Waals surface area contributed by atoms with E-state index in [1.54, 1.807) is 0 Å². The second-order valence-corrected chi connectivity index (χ2v) is 6.43. The number of nitrogens with one attached hydrogen (secondary N) is 1. The Balaban J connectivity index is 2.69. The topological polar surface area (TPSA) is 21.3 Å². The van der Waals surface area contributed by atoms with E-state index in [9.17, 15) is 0 Å². The van der Waals surface area contributed by atoms with Crippen molar-refractivity contribution in [3.63, 3.8) is 0 Å². The molecule has 0 aliphatic heterocycles. The van der Waals surface area contributed by atoms with Gasteiger partial charge in [-0.05, 0) is 42.9 Å². The zero-order valence-corrected chi connectivity index (χ0v) is 14.5. The van der Waals surface area contributed by atoms with E-state index in [2.05, 4.69) is 64.2 Å². The van der Waals surface area contributed by atoms with Crippen molar-refractivity contribution in [1.82, 2.24) is 5.32 Å². The van der Waals surface area contributed by atoms with Gasteiger partial charge in [0.2, 0.25) is 0 Å². The molecule has 0 saturated carbocycles. The quantitative estimate of drug-likeness (QED) is 0.655. The molecule has 0 fully saturated rings. The highest BCUT2D eigenvalue weighted by molar-refractivity contribution is 5.36. The number of hydrogen-bond donors (Lipinski definition) is 1. The summed E-state index contributed by atoms with van der Waals surface area (Å²) >= 11 is 0. The minimum absolute atomic E-state index is 0.263. The molecule has 1 N–H and O–H groups in total. The van der Waals surface area contributed by atoms with Crippen LogP contribution in [0.2, 0.25) is 0 Å². The van der Waals surface area contributed by atoms with E-state index >= 15 is 0 Å². The van der Waals surface area contributed by atoms with Gasteiger partial charge < -0.3 is 10.1 Å². The minimum Gasteiger partial charge on any atom is -0.489 e. The fourth-order valence-corrected chi connectivity index (χ4v) is 2.45. The van der Waals surface area contributed by atoms with Crippen molar-refractivity contribution in [3.8, 4) is 5.75 Å². The van der Waals surface area contributed by atoms with Crippen LogP contribution in [0.3, 0.4) is 0 Å². The number of ether oxygens (including phenoxy) is 1. The Morgan fingerprint density at radius 1 is 1.05 bits per heavy atom. The molecule has 2 nitrogen and oxygen atoms in total. The lowest BCUT2D eigenvalue weighted by molar-refractivity contribution is 0.182. The van der Waals surface area contributed by atoms with Gasteiger partial charge in [0.15, 0.2) is 0 Å². The summed E-state index contributed by atoms with van der Waals surface area (Å²) in [7, 11) is 0. The molecule has 2 atom stereocenters. The van der Waals surface area contributed by atoms with Gasteiger partial charge in [-0.1, -0.05) is 59.2 Å². The Bertz CT molecular complexity index is 389. The van der Waals surface area contributed by atoms with Gasteiger partial charge in [-0.25, -0.2) is 0 Å². The van der Waals surface area contributed by atoms with Gasteiger partial charge in [0.25, 0.3) is 0 Å². The van der Waals surface area contributed by atoms with Gasteiger partial charge in [0.1, 0.15) is 11.9 Å². The molecule has 0 aliphatic rings. The summed E-state index contributed by atoms with van der Waals surface area (Å²) in [6, 6.07) is 8.51. The normalized spacial score (nSPS) is 14.2. The van der Waals surface area contributed by atoms with Gasteiger partial charge in [0, 0.05) is 6.54 Å². The van der Waals surface area contributed by atoms with Crippen LogP contribution in [0.25, 0.3) is 0 Å². The van der Waals surface area contributed by atoms with Crippen LogP contribution in [0.4, 0.5) is 0 Å². The van der Waals surface area contributed by atoms with Gasteiger partial charge in [0.05, 0.1) is 0 Å². The average Bonchev–Trinajstić information content (AvgIpc) is 2.47. The summed E-state index contributed by atoms with van der Waals surface area (Å²) in [5.41, 5.74) is 1.34. The highest BCUT2D eigenvalue weighted by Crippen LogP contribution is 2.29. The van der Waals surface area contributed by atoms with Crippen LogP contribution in [0, 0.1) is 5.92 Å². The Labute approximate surface area is 131 Å². The first-order valence-corrected chi connectivity index (χ1v) is 8.54. The van der Waals surface area contributed by atoms with Crippen LogP contribution in [0.1, 0.15) is 65.4 Å². The Morgan fingerprint density at radius 2 is 1.76 bits per heavy atom. The van der Waals surface area contributed by atoms with E-state index in [0.717, 1.165) is 38.1 Å². The van der Waals surface area contributed by atoms with Crippen molar-refractivity contribution in [3.05, 3.63) is 29.8 Å². The molecule has 1 aromatic carbocycles. The predicted octanol–water partition coefficient (Wildman–Crippen LogP) is 4.99. The summed E-state index contributed by atoms with van der Waals surface area (Å²) in [4.78, 5) is 0. The molecule has 120 valence electrons. The first-order valence-electron chi connectivity index (χ1n) is 8.54. The maximum atomic E-state index is 6.33. The smallest absolute Gasteiger partial charge is 0.123 e. The van der Waals surface area contributed by atoms with Crippen molar-refractivity contribution in [1.29, 1.82) is 0 Å². The zero-order chi connectivity index (χ0) is 15.7. The number of rotatable bonds is 10. The maximum absolute atomic E-state index is 6.33. The molecule has 0 aromatic heterocycles. The summed E-state index contributed by atoms with van der Waals surface area (Å²) in [5.74, 6) is 2.29. The fourth-order valence-electron chi connectivity index (χ4n) is 2.45. The fraction of sp³-hybridized carbons (Fsp3) is 0.684. The Hall–Kier alpha value is -1.02. The van der Waals surface area contributed by atoms with Crippen LogP contribution in [0.15, 0.2) is 24.3 Å². The van der Waals surface area contributed by atoms with E-state index in [-0.39, 0.29) is 6.10 Å². The van der Waals surface area contributed by atoms with Crippen molar-refractivity contribution in [2.45, 2.75) is 65.9 Å². The molecule has 2 heteroatoms. The van der Waals surface area contributed by atoms with Gasteiger partial charge in [-0.3, -0.25) is 0 Å². The van der Waals surface area contributed by atoms with E-state index in [1.807, 2.05) is 0 Å². The minimum atomic E-state index is 0.263. The molecule has 2 unspecified atom stereocenters. The molecule has 0 amide bonds. The highest BCUT2D eigenvalue weighted by atomic mass is 16.5. The van der Waals surface area contributed by atoms with E-state index in [1.165, 1.54) is 5.56 Å². The van der Waals surface area contributed by atoms with E-state index in [4.69, 9.17) is 4.74 Å². The summed E-state index contributed by atoms with van der Waals surface area (Å²) in [5, 5.41) is 3.53. The van der Waals surface area contributed by atoms with Crippen molar-refractivity contribution >= 4 is 0 Å². The predicted molar refractivity (Wildman–Crippen MR) is 92.2 cm³/mol. The van der Waals surface area contributed by atoms with E-state index in [0.29, 0.717) is 11.8 Å². The molecule has 0 radical (unpaired) electrons. The second kappa shape index (κ2) is 9.83. The SMILES string of the molecule is CCCC(CNCC(C)C)Oc1ccccc1C(C)CC. The zero-order valence-electron chi connectivity index (χ0n) is 14.5. The monoisotopic (exact) mass is 291 g/mol. The lowest BCUT2D eigenvalue weighted by atomic mass is 9.98. The second-order valence-electron chi connectivity index (χ2n) is 6.43. The lowest BCUT2D eigenvalue weighted by Crippen LogP contribution is -2.33. The standard InChI is InChI=1S/C19H33NO/c1-6-10-17(14-20-13-15(3)4)21-19-12-9-8-11-18(19)16(5)7-2/h8-9,11-12,15-17,20H,6-7,10,13-14H2,1-5H3. The van der Waals surface area contributed by atoms with Gasteiger partial charge >= 0.3 is 0 Å². The third-order valence-electron chi connectivity index (χ3n) is 3.89. The van der Waals surface area contributed by atoms with Crippen LogP contribution >= 0.6 is 0 Å². The van der Waals surface area contributed by atoms with Crippen molar-refractivity contribution in [2.24, 2.45) is 5.92 Å². The molecule has 0 aliphatic carbocycles. The Kier molecular flexibility index (Phi) is 8.44. The summed E-state index contributed by atoms with van der Waals surface area (Å²) in [6.07, 6.45) is 3.66. The maximum Gasteiger partial charge on any atom is 0.123 e. The molecule has 0 bridgehead atoms. The molecule has 0 saturated heterocycles. The summed E-state index contributed by atoms with van der Waals surface area (Å²) < 4.78 is 6.33. The number of para-hydroxylation sites is 1. The van der Waals surface area contributed by atoms with Gasteiger partial charge in [-0.15, -0.1) is 0 Å². The molecular weight excluding hydrogens is 258 g/mol. The number of hydrogen-bond acceptors (Lipinski definition) is 2. The highest BCUT2D eigenvalue weighted by Gasteiger charge is 2.14. The average molecular weight is 291 g/mol. The Morgan fingerprint density at radius 3 is 2.38 bits per heavy atom. The van der Waals surface area contributed by atoms with Crippen LogP contribution in [-0.2, 0) is 0 Å². The largest absolute Gasteiger partial charge is 0.489 e. The molecule has 1 rings (SSSR count). The van der Waals surface area contributed by atoms with Crippen LogP contribution in [-0.4, -0.2) is 19.2 Å². The first-order chi connectivity index (χ1) is 10.1. The van der Waals surface area contributed by atoms with Crippen LogP contribution in [0.5, 0.6) is 5.75 Å². The molecule has 0 heterocycles. The molecular formula is C19H33NO. The van der Waals surface area contributed by atoms with Gasteiger partial charge in [-0.2, -0.15) is 0 Å². The van der Waals surface area contributed by atoms with Crippen LogP contribution < -0.4 is 10.1 Å². The third kappa shape index (κ3) is 6.52. The summed E-state index contributed by atoms with van der Waals surface area (Å²) in [6.45, 7) is 13.2. The first kappa shape index (κ1) is 18.0. The van der Waals surface area contributed by atoms with Crippen molar-refractivity contribution in [2.75, 3.05) is 13.1 Å². The molecule has 1 aromatic rings. The molecule has 0 spiro atoms.